The maximum absolute atomic E-state index is 4.94. The topological polar surface area (TPSA) is 0 Å². The molecular weight excluding hydrogens is 647 g/mol. The van der Waals surface area contributed by atoms with Crippen LogP contribution in [0.3, 0.4) is 0 Å². The first kappa shape index (κ1) is 27.3. The van der Waals surface area contributed by atoms with E-state index < -0.39 is 0 Å². The average Bonchev–Trinajstić information content (AvgIpc) is 3.15. The van der Waals surface area contributed by atoms with Crippen LogP contribution < -0.4 is 17.0 Å². The van der Waals surface area contributed by atoms with Crippen LogP contribution in [0.4, 0.5) is 0 Å². The fourth-order valence-corrected chi connectivity index (χ4v) is 7.29. The smallest absolute Gasteiger partial charge is 0.0211 e. The molecule has 2 aromatic heterocycles. The zero-order valence-corrected chi connectivity index (χ0v) is 23.4. The van der Waals surface area contributed by atoms with E-state index in [4.69, 9.17) is 5.70 Å². The minimum atomic E-state index is 0. The van der Waals surface area contributed by atoms with Gasteiger partial charge < -0.3 is 0 Å². The molecule has 0 fully saturated rings. The molecule has 0 aromatic carbocycles. The molecule has 0 saturated heterocycles. The predicted molar refractivity (Wildman–Crippen MR) is 122 cm³/mol. The van der Waals surface area contributed by atoms with Crippen LogP contribution in [0.25, 0.3) is 0 Å². The second-order valence-corrected chi connectivity index (χ2v) is 13.3. The second kappa shape index (κ2) is 15.2. The molecule has 2 aromatic rings. The molecule has 0 unspecified atom stereocenters. The van der Waals surface area contributed by atoms with E-state index in [0.717, 1.165) is 0 Å². The Labute approximate surface area is 204 Å². The molecule has 4 rings (SSSR count). The maximum Gasteiger partial charge on any atom is 0.0211 e. The molecule has 2 aliphatic heterocycles. The van der Waals surface area contributed by atoms with Crippen molar-refractivity contribution < 1.29 is 35.6 Å². The SMILES string of the molecule is Cc1sc(C)c2c1CCCS2.[B].[B][I-]I.[V].c1scc2c1CCCS2. The molecule has 6 radical (unpaired) electrons. The van der Waals surface area contributed by atoms with Gasteiger partial charge in [-0.05, 0) is 67.5 Å². The zero-order valence-electron chi connectivity index (χ0n) is 14.4. The quantitative estimate of drug-likeness (QED) is 0.313. The van der Waals surface area contributed by atoms with Crippen molar-refractivity contribution in [3.05, 3.63) is 31.6 Å². The summed E-state index contributed by atoms with van der Waals surface area (Å²) in [5.41, 5.74) is 8.17. The third-order valence-electron chi connectivity index (χ3n) is 3.69. The molecule has 0 atom stereocenters. The van der Waals surface area contributed by atoms with Gasteiger partial charge in [0.1, 0.15) is 0 Å². The van der Waals surface area contributed by atoms with Crippen molar-refractivity contribution in [2.75, 3.05) is 11.5 Å². The summed E-state index contributed by atoms with van der Waals surface area (Å²) >= 11 is 10.1. The number of fused-ring (bicyclic) bond motifs is 2. The summed E-state index contributed by atoms with van der Waals surface area (Å²) in [6.45, 7) is 4.50. The molecule has 9 heteroatoms. The Bertz CT molecular complexity index is 572. The molecule has 0 amide bonds. The number of rotatable bonds is 0. The molecule has 2 aliphatic rings. The van der Waals surface area contributed by atoms with Gasteiger partial charge in [0.15, 0.2) is 0 Å². The summed E-state index contributed by atoms with van der Waals surface area (Å²) in [5, 5.41) is 4.54. The van der Waals surface area contributed by atoms with Crippen molar-refractivity contribution in [1.82, 2.24) is 0 Å². The Morgan fingerprint density at radius 3 is 2.32 bits per heavy atom. The van der Waals surface area contributed by atoms with Gasteiger partial charge in [0, 0.05) is 51.9 Å². The Balaban J connectivity index is 0.000000378. The summed E-state index contributed by atoms with van der Waals surface area (Å²) in [6.07, 6.45) is 5.37. The third kappa shape index (κ3) is 8.66. The van der Waals surface area contributed by atoms with E-state index in [0.29, 0.717) is 0 Å². The maximum atomic E-state index is 4.94. The first-order valence-electron chi connectivity index (χ1n) is 7.51. The van der Waals surface area contributed by atoms with E-state index in [-0.39, 0.29) is 44.0 Å². The Hall–Kier alpha value is 2.27. The van der Waals surface area contributed by atoms with E-state index in [1.54, 1.807) is 20.9 Å². The summed E-state index contributed by atoms with van der Waals surface area (Å²) in [6, 6.07) is 0. The summed E-state index contributed by atoms with van der Waals surface area (Å²) in [7, 11) is 0. The van der Waals surface area contributed by atoms with E-state index in [9.17, 15) is 0 Å². The normalized spacial score (nSPS) is 14.4. The number of hydrogen-bond donors (Lipinski definition) is 0. The second-order valence-electron chi connectivity index (χ2n) is 5.27. The zero-order chi connectivity index (χ0) is 16.7. The summed E-state index contributed by atoms with van der Waals surface area (Å²) < 4.78 is 0. The predicted octanol–water partition coefficient (Wildman–Crippen LogP) is 3.32. The molecule has 0 spiro atoms. The van der Waals surface area contributed by atoms with Gasteiger partial charge in [0.2, 0.25) is 0 Å². The summed E-state index contributed by atoms with van der Waals surface area (Å²) in [4.78, 5) is 6.21. The third-order valence-corrected chi connectivity index (χ3v) is 8.34. The van der Waals surface area contributed by atoms with Crippen LogP contribution in [-0.4, -0.2) is 25.6 Å². The fraction of sp³-hybridized carbons (Fsp3) is 0.500. The molecule has 0 saturated carbocycles. The molecule has 0 bridgehead atoms. The monoisotopic (exact) mass is 667 g/mol. The van der Waals surface area contributed by atoms with Gasteiger partial charge in [-0.15, -0.1) is 34.9 Å². The largest absolute Gasteiger partial charge is 0.151 e. The first-order valence-corrected chi connectivity index (χ1v) is 18.8. The van der Waals surface area contributed by atoms with Crippen LogP contribution in [0, 0.1) is 13.8 Å². The molecule has 0 nitrogen and oxygen atoms in total. The number of hydrogen-bond acceptors (Lipinski definition) is 4. The molecule has 0 N–H and O–H groups in total. The van der Waals surface area contributed by atoms with Crippen LogP contribution in [0.2, 0.25) is 0 Å². The van der Waals surface area contributed by atoms with Crippen LogP contribution in [0.15, 0.2) is 20.6 Å². The Morgan fingerprint density at radius 1 is 1.04 bits per heavy atom. The average molecular weight is 667 g/mol. The standard InChI is InChI=1S/C9H12S2.C7H8S2.BI2.B.V/c1-6-8-4-3-5-10-9(8)7(2)11-6;1-2-6-4-8-5-7(6)9-3-1;1-3-2;;/h3-5H2,1-2H3;4-5H,1-3H2;;;/q;;-1;;. The number of aryl methyl sites for hydroxylation is 3. The molecule has 25 heavy (non-hydrogen) atoms. The van der Waals surface area contributed by atoms with Gasteiger partial charge in [-0.25, -0.2) is 0 Å². The van der Waals surface area contributed by atoms with Crippen molar-refractivity contribution in [2.45, 2.75) is 49.3 Å². The molecule has 4 heterocycles. The van der Waals surface area contributed by atoms with Gasteiger partial charge in [-0.2, -0.15) is 11.3 Å². The van der Waals surface area contributed by atoms with Crippen LogP contribution >= 0.6 is 64.8 Å². The Kier molecular flexibility index (Phi) is 16.5. The van der Waals surface area contributed by atoms with E-state index in [1.807, 2.05) is 46.2 Å². The van der Waals surface area contributed by atoms with Gasteiger partial charge in [0.05, 0.1) is 0 Å². The molecule has 134 valence electrons. The van der Waals surface area contributed by atoms with Crippen molar-refractivity contribution >= 4 is 78.9 Å². The minimum Gasteiger partial charge on any atom is -0.151 e. The van der Waals surface area contributed by atoms with Crippen molar-refractivity contribution in [2.24, 2.45) is 0 Å². The molecule has 0 aliphatic carbocycles. The van der Waals surface area contributed by atoms with Crippen molar-refractivity contribution in [3.8, 4) is 0 Å². The fourth-order valence-electron chi connectivity index (χ4n) is 2.68. The van der Waals surface area contributed by atoms with Gasteiger partial charge in [-0.1, -0.05) is 0 Å². The van der Waals surface area contributed by atoms with Gasteiger partial charge in [-0.3, -0.25) is 0 Å². The van der Waals surface area contributed by atoms with Gasteiger partial charge in [0.25, 0.3) is 0 Å². The van der Waals surface area contributed by atoms with Crippen molar-refractivity contribution in [1.29, 1.82) is 0 Å². The number of thiophene rings is 2. The Morgan fingerprint density at radius 2 is 1.68 bits per heavy atom. The first-order chi connectivity index (χ1) is 11.2. The van der Waals surface area contributed by atoms with Crippen molar-refractivity contribution in [3.63, 3.8) is 0 Å². The van der Waals surface area contributed by atoms with Crippen LogP contribution in [0.1, 0.15) is 33.7 Å². The van der Waals surface area contributed by atoms with Gasteiger partial charge >= 0.3 is 41.3 Å². The number of thioether (sulfide) groups is 2. The number of halogens is 2. The van der Waals surface area contributed by atoms with E-state index >= 15 is 0 Å². The van der Waals surface area contributed by atoms with Crippen LogP contribution in [0.5, 0.6) is 0 Å². The molecular formula is C16H20B2I2S4V-. The van der Waals surface area contributed by atoms with Crippen LogP contribution in [-0.2, 0) is 31.4 Å². The van der Waals surface area contributed by atoms with E-state index in [2.05, 4.69) is 43.2 Å². The minimum absolute atomic E-state index is 0. The van der Waals surface area contributed by atoms with E-state index in [1.165, 1.54) is 47.0 Å². The summed E-state index contributed by atoms with van der Waals surface area (Å²) in [5.74, 6) is 2.65.